The molecule has 0 aliphatic heterocycles. The Labute approximate surface area is 116 Å². The van der Waals surface area contributed by atoms with Crippen molar-refractivity contribution in [2.45, 2.75) is 6.42 Å². The monoisotopic (exact) mass is 263 g/mol. The van der Waals surface area contributed by atoms with E-state index in [-0.39, 0.29) is 5.95 Å². The van der Waals surface area contributed by atoms with E-state index in [0.29, 0.717) is 18.1 Å². The number of benzene rings is 1. The van der Waals surface area contributed by atoms with E-state index in [1.807, 2.05) is 42.5 Å². The zero-order chi connectivity index (χ0) is 13.8. The van der Waals surface area contributed by atoms with Gasteiger partial charge in [-0.3, -0.25) is 4.98 Å². The molecule has 2 N–H and O–H groups in total. The van der Waals surface area contributed by atoms with Crippen LogP contribution in [0.25, 0.3) is 11.4 Å². The van der Waals surface area contributed by atoms with Gasteiger partial charge in [-0.2, -0.15) is 9.97 Å². The molecule has 0 atom stereocenters. The highest BCUT2D eigenvalue weighted by molar-refractivity contribution is 5.55. The lowest BCUT2D eigenvalue weighted by Crippen LogP contribution is -2.05. The molecular formula is C15H13N5. The van der Waals surface area contributed by atoms with Crippen LogP contribution >= 0.6 is 0 Å². The minimum atomic E-state index is 0.239. The van der Waals surface area contributed by atoms with E-state index in [1.165, 1.54) is 0 Å². The summed E-state index contributed by atoms with van der Waals surface area (Å²) in [6.45, 7) is 0. The van der Waals surface area contributed by atoms with Gasteiger partial charge < -0.3 is 5.73 Å². The number of anilines is 1. The molecule has 20 heavy (non-hydrogen) atoms. The first-order chi connectivity index (χ1) is 9.81. The molecule has 0 saturated heterocycles. The van der Waals surface area contributed by atoms with Crippen molar-refractivity contribution in [1.29, 1.82) is 0 Å². The molecular weight excluding hydrogens is 250 g/mol. The standard InChI is InChI=1S/C15H13N5/c16-15-19-13(10-11-6-8-17-9-7-11)18-14(20-15)12-4-2-1-3-5-12/h1-9H,10H2,(H2,16,18,19,20). The van der Waals surface area contributed by atoms with E-state index in [1.54, 1.807) is 12.4 Å². The van der Waals surface area contributed by atoms with Gasteiger partial charge >= 0.3 is 0 Å². The fraction of sp³-hybridized carbons (Fsp3) is 0.0667. The second-order valence-corrected chi connectivity index (χ2v) is 4.33. The zero-order valence-electron chi connectivity index (χ0n) is 10.8. The van der Waals surface area contributed by atoms with Crippen LogP contribution < -0.4 is 5.73 Å². The third-order valence-electron chi connectivity index (χ3n) is 2.84. The quantitative estimate of drug-likeness (QED) is 0.783. The molecule has 5 nitrogen and oxygen atoms in total. The van der Waals surface area contributed by atoms with Crippen LogP contribution in [0.4, 0.5) is 5.95 Å². The largest absolute Gasteiger partial charge is 0.368 e. The highest BCUT2D eigenvalue weighted by Gasteiger charge is 2.07. The summed E-state index contributed by atoms with van der Waals surface area (Å²) in [5.41, 5.74) is 7.79. The summed E-state index contributed by atoms with van der Waals surface area (Å²) >= 11 is 0. The van der Waals surface area contributed by atoms with Crippen molar-refractivity contribution in [3.8, 4) is 11.4 Å². The first-order valence-electron chi connectivity index (χ1n) is 6.26. The van der Waals surface area contributed by atoms with Crippen molar-refractivity contribution >= 4 is 5.95 Å². The Kier molecular flexibility index (Phi) is 3.33. The van der Waals surface area contributed by atoms with Crippen LogP contribution in [0, 0.1) is 0 Å². The highest BCUT2D eigenvalue weighted by Crippen LogP contribution is 2.15. The molecule has 0 saturated carbocycles. The van der Waals surface area contributed by atoms with Crippen LogP contribution in [-0.2, 0) is 6.42 Å². The van der Waals surface area contributed by atoms with Crippen LogP contribution in [0.1, 0.15) is 11.4 Å². The van der Waals surface area contributed by atoms with Gasteiger partial charge in [-0.05, 0) is 17.7 Å². The summed E-state index contributed by atoms with van der Waals surface area (Å²) in [7, 11) is 0. The minimum Gasteiger partial charge on any atom is -0.368 e. The van der Waals surface area contributed by atoms with Crippen molar-refractivity contribution in [2.24, 2.45) is 0 Å². The molecule has 2 aromatic heterocycles. The van der Waals surface area contributed by atoms with Gasteiger partial charge in [-0.25, -0.2) is 4.98 Å². The summed E-state index contributed by atoms with van der Waals surface area (Å²) < 4.78 is 0. The SMILES string of the molecule is Nc1nc(Cc2ccncc2)nc(-c2ccccc2)n1. The fourth-order valence-corrected chi connectivity index (χ4v) is 1.92. The topological polar surface area (TPSA) is 77.6 Å². The second-order valence-electron chi connectivity index (χ2n) is 4.33. The molecule has 3 rings (SSSR count). The number of hydrogen-bond acceptors (Lipinski definition) is 5. The number of hydrogen-bond donors (Lipinski definition) is 1. The van der Waals surface area contributed by atoms with Crippen LogP contribution in [0.2, 0.25) is 0 Å². The van der Waals surface area contributed by atoms with Crippen molar-refractivity contribution < 1.29 is 0 Å². The average Bonchev–Trinajstić information content (AvgIpc) is 2.49. The van der Waals surface area contributed by atoms with Gasteiger partial charge in [0, 0.05) is 24.4 Å². The summed E-state index contributed by atoms with van der Waals surface area (Å²) in [6.07, 6.45) is 4.10. The lowest BCUT2D eigenvalue weighted by atomic mass is 10.2. The molecule has 0 bridgehead atoms. The van der Waals surface area contributed by atoms with Crippen LogP contribution in [0.15, 0.2) is 54.9 Å². The summed E-state index contributed by atoms with van der Waals surface area (Å²) in [6, 6.07) is 13.6. The average molecular weight is 263 g/mol. The molecule has 0 spiro atoms. The van der Waals surface area contributed by atoms with Crippen molar-refractivity contribution in [1.82, 2.24) is 19.9 Å². The molecule has 0 unspecified atom stereocenters. The number of nitrogen functional groups attached to an aromatic ring is 1. The van der Waals surface area contributed by atoms with Gasteiger partial charge in [0.1, 0.15) is 5.82 Å². The lowest BCUT2D eigenvalue weighted by molar-refractivity contribution is 0.934. The zero-order valence-corrected chi connectivity index (χ0v) is 10.8. The summed E-state index contributed by atoms with van der Waals surface area (Å²) in [5.74, 6) is 1.49. The molecule has 0 fully saturated rings. The third-order valence-corrected chi connectivity index (χ3v) is 2.84. The Hall–Kier alpha value is -2.82. The van der Waals surface area contributed by atoms with E-state index >= 15 is 0 Å². The highest BCUT2D eigenvalue weighted by atomic mass is 15.1. The summed E-state index contributed by atoms with van der Waals surface area (Å²) in [5, 5.41) is 0. The van der Waals surface area contributed by atoms with Gasteiger partial charge in [-0.15, -0.1) is 0 Å². The molecule has 3 aromatic rings. The molecule has 0 aliphatic carbocycles. The third kappa shape index (κ3) is 2.77. The Bertz CT molecular complexity index is 698. The molecule has 0 amide bonds. The maximum absolute atomic E-state index is 5.78. The molecule has 1 aromatic carbocycles. The predicted molar refractivity (Wildman–Crippen MR) is 76.7 cm³/mol. The Morgan fingerprint density at radius 1 is 0.850 bits per heavy atom. The van der Waals surface area contributed by atoms with E-state index in [4.69, 9.17) is 5.73 Å². The predicted octanol–water partition coefficient (Wildman–Crippen LogP) is 2.11. The van der Waals surface area contributed by atoms with Crippen LogP contribution in [0.3, 0.4) is 0 Å². The van der Waals surface area contributed by atoms with Crippen molar-refractivity contribution in [3.05, 3.63) is 66.2 Å². The van der Waals surface area contributed by atoms with Gasteiger partial charge in [0.2, 0.25) is 5.95 Å². The van der Waals surface area contributed by atoms with E-state index in [2.05, 4.69) is 19.9 Å². The van der Waals surface area contributed by atoms with Crippen LogP contribution in [-0.4, -0.2) is 19.9 Å². The molecule has 2 heterocycles. The Balaban J connectivity index is 1.95. The first-order valence-corrected chi connectivity index (χ1v) is 6.26. The Morgan fingerprint density at radius 3 is 2.35 bits per heavy atom. The lowest BCUT2D eigenvalue weighted by Gasteiger charge is -2.05. The second kappa shape index (κ2) is 5.44. The van der Waals surface area contributed by atoms with Gasteiger partial charge in [-0.1, -0.05) is 30.3 Å². The van der Waals surface area contributed by atoms with E-state index < -0.39 is 0 Å². The molecule has 0 radical (unpaired) electrons. The number of rotatable bonds is 3. The number of aromatic nitrogens is 4. The number of pyridine rings is 1. The summed E-state index contributed by atoms with van der Waals surface area (Å²) in [4.78, 5) is 16.8. The van der Waals surface area contributed by atoms with Crippen LogP contribution in [0.5, 0.6) is 0 Å². The van der Waals surface area contributed by atoms with Gasteiger partial charge in [0.05, 0.1) is 0 Å². The molecule has 5 heteroatoms. The van der Waals surface area contributed by atoms with Crippen molar-refractivity contribution in [2.75, 3.05) is 5.73 Å². The smallest absolute Gasteiger partial charge is 0.223 e. The van der Waals surface area contributed by atoms with Gasteiger partial charge in [0.15, 0.2) is 5.82 Å². The molecule has 98 valence electrons. The number of nitrogens with zero attached hydrogens (tertiary/aromatic N) is 4. The maximum Gasteiger partial charge on any atom is 0.223 e. The van der Waals surface area contributed by atoms with Gasteiger partial charge in [0.25, 0.3) is 0 Å². The molecule has 0 aliphatic rings. The number of nitrogens with two attached hydrogens (primary N) is 1. The fourth-order valence-electron chi connectivity index (χ4n) is 1.92. The van der Waals surface area contributed by atoms with E-state index in [9.17, 15) is 0 Å². The Morgan fingerprint density at radius 2 is 1.60 bits per heavy atom. The van der Waals surface area contributed by atoms with E-state index in [0.717, 1.165) is 11.1 Å². The normalized spacial score (nSPS) is 10.4. The van der Waals surface area contributed by atoms with Crippen molar-refractivity contribution in [3.63, 3.8) is 0 Å². The first kappa shape index (κ1) is 12.2. The minimum absolute atomic E-state index is 0.239. The maximum atomic E-state index is 5.78.